The first kappa shape index (κ1) is 15.3. The highest BCUT2D eigenvalue weighted by atomic mass is 32.2. The third-order valence-electron chi connectivity index (χ3n) is 3.74. The van der Waals surface area contributed by atoms with Crippen LogP contribution < -0.4 is 10.0 Å². The molecule has 1 fully saturated rings. The maximum absolute atomic E-state index is 12.5. The van der Waals surface area contributed by atoms with Gasteiger partial charge in [0.05, 0.1) is 4.90 Å². The zero-order valence-corrected chi connectivity index (χ0v) is 13.0. The number of hydrogen-bond acceptors (Lipinski definition) is 4. The number of anilines is 1. The van der Waals surface area contributed by atoms with E-state index in [2.05, 4.69) is 15.0 Å². The van der Waals surface area contributed by atoms with Crippen LogP contribution in [0.3, 0.4) is 0 Å². The number of rotatable bonds is 5. The van der Waals surface area contributed by atoms with Crippen LogP contribution in [0.1, 0.15) is 46.0 Å². The van der Waals surface area contributed by atoms with Crippen LogP contribution in [0.25, 0.3) is 0 Å². The van der Waals surface area contributed by atoms with Crippen LogP contribution in [0.5, 0.6) is 0 Å². The Balaban J connectivity index is 2.19. The highest BCUT2D eigenvalue weighted by molar-refractivity contribution is 7.89. The van der Waals surface area contributed by atoms with Gasteiger partial charge in [-0.05, 0) is 32.8 Å². The van der Waals surface area contributed by atoms with Gasteiger partial charge in [0.15, 0.2) is 0 Å². The summed E-state index contributed by atoms with van der Waals surface area (Å²) in [5.41, 5.74) is -0.321. The molecule has 5 nitrogen and oxygen atoms in total. The molecule has 0 aromatic carbocycles. The van der Waals surface area contributed by atoms with E-state index >= 15 is 0 Å². The van der Waals surface area contributed by atoms with E-state index in [0.717, 1.165) is 25.7 Å². The molecule has 6 heteroatoms. The molecule has 0 spiro atoms. The summed E-state index contributed by atoms with van der Waals surface area (Å²) in [5.74, 6) is 0.587. The van der Waals surface area contributed by atoms with Crippen LogP contribution in [0, 0.1) is 0 Å². The van der Waals surface area contributed by atoms with Crippen molar-refractivity contribution in [2.24, 2.45) is 0 Å². The van der Waals surface area contributed by atoms with Crippen molar-refractivity contribution in [3.05, 3.63) is 18.3 Å². The zero-order chi connectivity index (χ0) is 14.6. The summed E-state index contributed by atoms with van der Waals surface area (Å²) in [5, 5.41) is 3.03. The summed E-state index contributed by atoms with van der Waals surface area (Å²) in [7, 11) is -3.49. The van der Waals surface area contributed by atoms with Gasteiger partial charge in [0.1, 0.15) is 5.82 Å². The second-order valence-corrected chi connectivity index (χ2v) is 7.32. The van der Waals surface area contributed by atoms with Crippen LogP contribution in [0.15, 0.2) is 23.2 Å². The molecule has 112 valence electrons. The lowest BCUT2D eigenvalue weighted by Crippen LogP contribution is -2.47. The fourth-order valence-corrected chi connectivity index (χ4v) is 4.15. The second kappa shape index (κ2) is 6.10. The Bertz CT molecular complexity index is 551. The molecule has 0 unspecified atom stereocenters. The summed E-state index contributed by atoms with van der Waals surface area (Å²) in [6.45, 7) is 4.65. The summed E-state index contributed by atoms with van der Waals surface area (Å²) in [6.07, 6.45) is 6.68. The molecule has 2 rings (SSSR count). The van der Waals surface area contributed by atoms with E-state index in [-0.39, 0.29) is 10.4 Å². The first-order valence-electron chi connectivity index (χ1n) is 7.19. The van der Waals surface area contributed by atoms with Crippen LogP contribution in [-0.2, 0) is 10.0 Å². The lowest BCUT2D eigenvalue weighted by molar-refractivity contribution is 0.294. The average molecular weight is 297 g/mol. The van der Waals surface area contributed by atoms with Gasteiger partial charge in [-0.25, -0.2) is 18.1 Å². The highest BCUT2D eigenvalue weighted by Gasteiger charge is 2.32. The Hall–Kier alpha value is -1.14. The molecule has 0 amide bonds. The standard InChI is InChI=1S/C14H23N3O2S/c1-3-15-13-11-12(7-10-16-13)20(18,19)17-14(2)8-5-4-6-9-14/h7,10-11,17H,3-6,8-9H2,1-2H3,(H,15,16). The minimum Gasteiger partial charge on any atom is -0.370 e. The molecular formula is C14H23N3O2S. The molecule has 0 radical (unpaired) electrons. The molecular weight excluding hydrogens is 274 g/mol. The van der Waals surface area contributed by atoms with Gasteiger partial charge in [-0.1, -0.05) is 19.3 Å². The number of sulfonamides is 1. The summed E-state index contributed by atoms with van der Waals surface area (Å²) in [6, 6.07) is 3.12. The molecule has 1 aromatic rings. The molecule has 2 N–H and O–H groups in total. The van der Waals surface area contributed by atoms with Crippen molar-refractivity contribution >= 4 is 15.8 Å². The molecule has 1 heterocycles. The minimum atomic E-state index is -3.49. The molecule has 1 aliphatic rings. The van der Waals surface area contributed by atoms with Crippen LogP contribution >= 0.6 is 0 Å². The van der Waals surface area contributed by atoms with Gasteiger partial charge in [-0.3, -0.25) is 0 Å². The quantitative estimate of drug-likeness (QED) is 0.876. The smallest absolute Gasteiger partial charge is 0.241 e. The lowest BCUT2D eigenvalue weighted by Gasteiger charge is -2.34. The van der Waals surface area contributed by atoms with Crippen LogP contribution in [0.2, 0.25) is 0 Å². The van der Waals surface area contributed by atoms with Gasteiger partial charge < -0.3 is 5.32 Å². The van der Waals surface area contributed by atoms with E-state index in [0.29, 0.717) is 12.4 Å². The van der Waals surface area contributed by atoms with E-state index in [1.165, 1.54) is 18.7 Å². The predicted octanol–water partition coefficient (Wildman–Crippen LogP) is 2.51. The molecule has 20 heavy (non-hydrogen) atoms. The third kappa shape index (κ3) is 3.70. The lowest BCUT2D eigenvalue weighted by atomic mass is 9.84. The van der Waals surface area contributed by atoms with Crippen molar-refractivity contribution in [3.63, 3.8) is 0 Å². The maximum Gasteiger partial charge on any atom is 0.241 e. The zero-order valence-electron chi connectivity index (χ0n) is 12.1. The van der Waals surface area contributed by atoms with Gasteiger partial charge in [0.25, 0.3) is 0 Å². The van der Waals surface area contributed by atoms with Gasteiger partial charge >= 0.3 is 0 Å². The van der Waals surface area contributed by atoms with Gasteiger partial charge in [0, 0.05) is 24.3 Å². The molecule has 0 bridgehead atoms. The van der Waals surface area contributed by atoms with Crippen LogP contribution in [-0.4, -0.2) is 25.5 Å². The summed E-state index contributed by atoms with van der Waals surface area (Å²) in [4.78, 5) is 4.38. The van der Waals surface area contributed by atoms with Crippen molar-refractivity contribution in [1.29, 1.82) is 0 Å². The Morgan fingerprint density at radius 3 is 2.65 bits per heavy atom. The van der Waals surface area contributed by atoms with Crippen molar-refractivity contribution < 1.29 is 8.42 Å². The van der Waals surface area contributed by atoms with Crippen molar-refractivity contribution in [2.75, 3.05) is 11.9 Å². The molecule has 1 aromatic heterocycles. The number of hydrogen-bond donors (Lipinski definition) is 2. The Kier molecular flexibility index (Phi) is 4.65. The summed E-state index contributed by atoms with van der Waals surface area (Å²) < 4.78 is 27.9. The molecule has 1 aliphatic carbocycles. The topological polar surface area (TPSA) is 71.1 Å². The second-order valence-electron chi connectivity index (χ2n) is 5.63. The van der Waals surface area contributed by atoms with Crippen LogP contribution in [0.4, 0.5) is 5.82 Å². The third-order valence-corrected chi connectivity index (χ3v) is 5.37. The van der Waals surface area contributed by atoms with Crippen molar-refractivity contribution in [1.82, 2.24) is 9.71 Å². The van der Waals surface area contributed by atoms with Crippen molar-refractivity contribution in [3.8, 4) is 0 Å². The van der Waals surface area contributed by atoms with Gasteiger partial charge in [-0.15, -0.1) is 0 Å². The Morgan fingerprint density at radius 2 is 2.00 bits per heavy atom. The number of aromatic nitrogens is 1. The van der Waals surface area contributed by atoms with Gasteiger partial charge in [-0.2, -0.15) is 0 Å². The largest absolute Gasteiger partial charge is 0.370 e. The average Bonchev–Trinajstić information content (AvgIpc) is 2.39. The van der Waals surface area contributed by atoms with E-state index in [9.17, 15) is 8.42 Å². The van der Waals surface area contributed by atoms with Crippen molar-refractivity contribution in [2.45, 2.75) is 56.4 Å². The Morgan fingerprint density at radius 1 is 1.30 bits per heavy atom. The van der Waals surface area contributed by atoms with Gasteiger partial charge in [0.2, 0.25) is 10.0 Å². The van der Waals surface area contributed by atoms with E-state index < -0.39 is 10.0 Å². The minimum absolute atomic E-state index is 0.273. The van der Waals surface area contributed by atoms with E-state index in [1.807, 2.05) is 13.8 Å². The fraction of sp³-hybridized carbons (Fsp3) is 0.643. The molecule has 1 saturated carbocycles. The first-order chi connectivity index (χ1) is 9.45. The molecule has 0 saturated heterocycles. The van der Waals surface area contributed by atoms with E-state index in [4.69, 9.17) is 0 Å². The monoisotopic (exact) mass is 297 g/mol. The normalized spacial score (nSPS) is 18.7. The maximum atomic E-state index is 12.5. The van der Waals surface area contributed by atoms with E-state index in [1.54, 1.807) is 6.07 Å². The number of nitrogens with one attached hydrogen (secondary N) is 2. The highest BCUT2D eigenvalue weighted by Crippen LogP contribution is 2.29. The molecule has 0 atom stereocenters. The fourth-order valence-electron chi connectivity index (χ4n) is 2.67. The summed E-state index contributed by atoms with van der Waals surface area (Å²) >= 11 is 0. The number of nitrogens with zero attached hydrogens (tertiary/aromatic N) is 1. The predicted molar refractivity (Wildman–Crippen MR) is 80.2 cm³/mol. The first-order valence-corrected chi connectivity index (χ1v) is 8.67. The SMILES string of the molecule is CCNc1cc(S(=O)(=O)NC2(C)CCCCC2)ccn1. The molecule has 0 aliphatic heterocycles. The Labute approximate surface area is 121 Å². The number of pyridine rings is 1.